The van der Waals surface area contributed by atoms with Gasteiger partial charge in [-0.2, -0.15) is 0 Å². The first-order chi connectivity index (χ1) is 16.5. The Morgan fingerprint density at radius 1 is 1.17 bits per heavy atom. The number of halogens is 3. The topological polar surface area (TPSA) is 128 Å². The molecule has 3 rings (SSSR count). The number of Topliss-reactive ketones (excluding diaryl/α,β-unsaturated/α-hetero) is 1. The predicted molar refractivity (Wildman–Crippen MR) is 147 cm³/mol. The number of sulfonamides is 1. The van der Waals surface area contributed by atoms with E-state index < -0.39 is 10.0 Å². The number of ether oxygens (including phenoxy) is 1. The van der Waals surface area contributed by atoms with Crippen molar-refractivity contribution in [2.24, 2.45) is 5.92 Å². The molecule has 1 aliphatic heterocycles. The van der Waals surface area contributed by atoms with Gasteiger partial charge < -0.3 is 21.1 Å². The normalized spacial score (nSPS) is 15.3. The van der Waals surface area contributed by atoms with Gasteiger partial charge in [0.15, 0.2) is 5.78 Å². The molecule has 35 heavy (non-hydrogen) atoms. The number of carbonyl (C=O) groups excluding carboxylic acids is 1. The van der Waals surface area contributed by atoms with E-state index in [2.05, 4.69) is 41.5 Å². The summed E-state index contributed by atoms with van der Waals surface area (Å²) in [6, 6.07) is 6.13. The summed E-state index contributed by atoms with van der Waals surface area (Å²) < 4.78 is 34.2. The Balaban J connectivity index is 1.44. The van der Waals surface area contributed by atoms with Crippen LogP contribution in [0, 0.1) is 5.92 Å². The zero-order valence-corrected chi connectivity index (χ0v) is 24.1. The standard InChI is InChI=1S/C23H29Br2ClN4O4S/c1-34-22-13-20(27)19(26)12-16(22)21(31)3-2-14-4-7-30(8-5-14)9-6-29-35(32,33)15-10-17(24)23(28)18(25)11-15/h10-14,29H,2-9,27-28H2,1H3. The number of benzene rings is 2. The van der Waals surface area contributed by atoms with Gasteiger partial charge >= 0.3 is 0 Å². The minimum Gasteiger partial charge on any atom is -0.496 e. The first-order valence-corrected chi connectivity index (χ1v) is 14.6. The highest BCUT2D eigenvalue weighted by molar-refractivity contribution is 9.11. The molecule has 0 spiro atoms. The van der Waals surface area contributed by atoms with Crippen LogP contribution in [0.3, 0.4) is 0 Å². The van der Waals surface area contributed by atoms with Gasteiger partial charge in [0.25, 0.3) is 0 Å². The monoisotopic (exact) mass is 650 g/mol. The number of piperidine rings is 1. The minimum atomic E-state index is -3.65. The number of anilines is 2. The Hall–Kier alpha value is -1.37. The molecule has 0 amide bonds. The van der Waals surface area contributed by atoms with Gasteiger partial charge in [0, 0.05) is 34.5 Å². The summed E-state index contributed by atoms with van der Waals surface area (Å²) in [7, 11) is -2.14. The second kappa shape index (κ2) is 12.2. The van der Waals surface area contributed by atoms with Gasteiger partial charge in [-0.3, -0.25) is 4.79 Å². The van der Waals surface area contributed by atoms with Crippen LogP contribution >= 0.6 is 43.5 Å². The Labute approximate surface area is 228 Å². The highest BCUT2D eigenvalue weighted by atomic mass is 79.9. The van der Waals surface area contributed by atoms with E-state index in [-0.39, 0.29) is 10.7 Å². The Morgan fingerprint density at radius 3 is 2.40 bits per heavy atom. The van der Waals surface area contributed by atoms with Gasteiger partial charge in [0.2, 0.25) is 10.0 Å². The molecule has 2 aromatic rings. The SMILES string of the molecule is COc1cc(N)c(Cl)cc1C(=O)CCC1CCN(CCNS(=O)(=O)c2cc(Br)c(N)c(Br)c2)CC1. The number of hydrogen-bond donors (Lipinski definition) is 3. The maximum absolute atomic E-state index is 12.7. The smallest absolute Gasteiger partial charge is 0.240 e. The molecule has 0 saturated carbocycles. The molecule has 5 N–H and O–H groups in total. The summed E-state index contributed by atoms with van der Waals surface area (Å²) in [5, 5.41) is 0.342. The molecule has 0 bridgehead atoms. The largest absolute Gasteiger partial charge is 0.496 e. The molecule has 0 unspecified atom stereocenters. The lowest BCUT2D eigenvalue weighted by molar-refractivity contribution is 0.0960. The summed E-state index contributed by atoms with van der Waals surface area (Å²) in [5.41, 5.74) is 12.9. The van der Waals surface area contributed by atoms with Crippen molar-refractivity contribution in [1.82, 2.24) is 9.62 Å². The number of hydrogen-bond acceptors (Lipinski definition) is 7. The molecule has 1 heterocycles. The number of likely N-dealkylation sites (tertiary alicyclic amines) is 1. The third kappa shape index (κ3) is 7.33. The summed E-state index contributed by atoms with van der Waals surface area (Å²) in [6.45, 7) is 2.64. The van der Waals surface area contributed by atoms with Crippen LogP contribution in [0.25, 0.3) is 0 Å². The third-order valence-corrected chi connectivity index (χ3v) is 9.27. The van der Waals surface area contributed by atoms with E-state index in [0.717, 1.165) is 32.4 Å². The van der Waals surface area contributed by atoms with Crippen LogP contribution in [0.4, 0.5) is 11.4 Å². The molecule has 0 radical (unpaired) electrons. The lowest BCUT2D eigenvalue weighted by Gasteiger charge is -2.31. The second-order valence-corrected chi connectivity index (χ2v) is 12.4. The molecule has 12 heteroatoms. The molecule has 0 aliphatic carbocycles. The average molecular weight is 653 g/mol. The molecule has 0 aromatic heterocycles. The maximum atomic E-state index is 12.7. The van der Waals surface area contributed by atoms with Crippen LogP contribution in [0.2, 0.25) is 5.02 Å². The number of ketones is 1. The predicted octanol–water partition coefficient (Wildman–Crippen LogP) is 4.69. The first-order valence-electron chi connectivity index (χ1n) is 11.1. The van der Waals surface area contributed by atoms with E-state index in [9.17, 15) is 13.2 Å². The fourth-order valence-corrected chi connectivity index (χ4v) is 6.79. The van der Waals surface area contributed by atoms with Gasteiger partial charge in [-0.05, 0) is 88.3 Å². The molecule has 1 aliphatic rings. The van der Waals surface area contributed by atoms with Crippen molar-refractivity contribution in [2.45, 2.75) is 30.6 Å². The number of carbonyl (C=O) groups is 1. The van der Waals surface area contributed by atoms with Crippen LogP contribution in [-0.4, -0.2) is 52.4 Å². The van der Waals surface area contributed by atoms with Crippen molar-refractivity contribution in [3.63, 3.8) is 0 Å². The van der Waals surface area contributed by atoms with Crippen LogP contribution in [0.5, 0.6) is 5.75 Å². The lowest BCUT2D eigenvalue weighted by Crippen LogP contribution is -2.39. The van der Waals surface area contributed by atoms with Crippen molar-refractivity contribution >= 4 is 70.6 Å². The number of nitrogens with one attached hydrogen (secondary N) is 1. The van der Waals surface area contributed by atoms with Crippen molar-refractivity contribution in [2.75, 3.05) is 44.8 Å². The van der Waals surface area contributed by atoms with E-state index in [1.807, 2.05) is 0 Å². The summed E-state index contributed by atoms with van der Waals surface area (Å²) in [5.74, 6) is 0.862. The van der Waals surface area contributed by atoms with Gasteiger partial charge in [-0.25, -0.2) is 13.1 Å². The van der Waals surface area contributed by atoms with E-state index in [1.54, 1.807) is 12.1 Å². The van der Waals surface area contributed by atoms with Crippen LogP contribution in [-0.2, 0) is 10.0 Å². The number of nitrogens with zero attached hydrogens (tertiary/aromatic N) is 1. The Bertz CT molecular complexity index is 1170. The Kier molecular flexibility index (Phi) is 9.87. The molecular weight excluding hydrogens is 624 g/mol. The fraction of sp³-hybridized carbons (Fsp3) is 0.435. The molecular formula is C23H29Br2ClN4O4S. The maximum Gasteiger partial charge on any atom is 0.240 e. The first kappa shape index (κ1) is 28.2. The van der Waals surface area contributed by atoms with Crippen LogP contribution < -0.4 is 20.9 Å². The second-order valence-electron chi connectivity index (χ2n) is 8.52. The molecule has 1 fully saturated rings. The Morgan fingerprint density at radius 2 is 1.80 bits per heavy atom. The zero-order valence-electron chi connectivity index (χ0n) is 19.3. The van der Waals surface area contributed by atoms with Crippen molar-refractivity contribution in [3.8, 4) is 5.75 Å². The molecule has 1 saturated heterocycles. The lowest BCUT2D eigenvalue weighted by atomic mass is 9.90. The molecule has 0 atom stereocenters. The van der Waals surface area contributed by atoms with Crippen molar-refractivity contribution in [1.29, 1.82) is 0 Å². The third-order valence-electron chi connectivity index (χ3n) is 6.19. The van der Waals surface area contributed by atoms with E-state index in [4.69, 9.17) is 27.8 Å². The zero-order chi connectivity index (χ0) is 25.8. The highest BCUT2D eigenvalue weighted by Crippen LogP contribution is 2.32. The number of methoxy groups -OCH3 is 1. The number of nitrogen functional groups attached to an aromatic ring is 2. The number of rotatable bonds is 10. The van der Waals surface area contributed by atoms with Crippen molar-refractivity contribution in [3.05, 3.63) is 43.8 Å². The summed E-state index contributed by atoms with van der Waals surface area (Å²) in [4.78, 5) is 15.1. The van der Waals surface area contributed by atoms with Gasteiger partial charge in [-0.15, -0.1) is 0 Å². The van der Waals surface area contributed by atoms with Crippen LogP contribution in [0.1, 0.15) is 36.0 Å². The van der Waals surface area contributed by atoms with Crippen molar-refractivity contribution < 1.29 is 17.9 Å². The van der Waals surface area contributed by atoms with Gasteiger partial charge in [0.05, 0.1) is 34.0 Å². The fourth-order valence-electron chi connectivity index (χ4n) is 4.06. The van der Waals surface area contributed by atoms with E-state index in [1.165, 1.54) is 19.2 Å². The van der Waals surface area contributed by atoms with E-state index in [0.29, 0.717) is 62.1 Å². The van der Waals surface area contributed by atoms with Crippen LogP contribution in [0.15, 0.2) is 38.1 Å². The quantitative estimate of drug-likeness (QED) is 0.251. The highest BCUT2D eigenvalue weighted by Gasteiger charge is 2.23. The minimum absolute atomic E-state index is 0.0125. The number of nitrogens with two attached hydrogens (primary N) is 2. The summed E-state index contributed by atoms with van der Waals surface area (Å²) >= 11 is 12.6. The van der Waals surface area contributed by atoms with Gasteiger partial charge in [-0.1, -0.05) is 11.6 Å². The molecule has 192 valence electrons. The average Bonchev–Trinajstić information content (AvgIpc) is 2.82. The van der Waals surface area contributed by atoms with E-state index >= 15 is 0 Å². The molecule has 2 aromatic carbocycles. The molecule has 8 nitrogen and oxygen atoms in total. The summed E-state index contributed by atoms with van der Waals surface area (Å²) in [6.07, 6.45) is 3.11. The van der Waals surface area contributed by atoms with Gasteiger partial charge in [0.1, 0.15) is 5.75 Å².